The number of amides is 1. The first kappa shape index (κ1) is 56.4. The second kappa shape index (κ2) is 19.0. The molecular formula is C53H66N11O12S3Si3+. The van der Waals surface area contributed by atoms with Crippen LogP contribution < -0.4 is 22.0 Å². The van der Waals surface area contributed by atoms with E-state index in [0.29, 0.717) is 77.4 Å². The number of nitrogens with zero attached hydrogens (tertiary/aromatic N) is 9. The minimum absolute atomic E-state index is 0.0812. The van der Waals surface area contributed by atoms with Crippen LogP contribution in [0.3, 0.4) is 0 Å². The van der Waals surface area contributed by atoms with Gasteiger partial charge in [0.2, 0.25) is 0 Å². The van der Waals surface area contributed by atoms with Gasteiger partial charge >= 0.3 is 410 Å². The third-order valence-corrected chi connectivity index (χ3v) is 36.0. The van der Waals surface area contributed by atoms with E-state index in [-0.39, 0.29) is 56.5 Å². The molecule has 0 atom stereocenters. The van der Waals surface area contributed by atoms with Crippen LogP contribution in [-0.4, -0.2) is 171 Å². The van der Waals surface area contributed by atoms with E-state index in [0.717, 1.165) is 43.8 Å². The van der Waals surface area contributed by atoms with Crippen LogP contribution in [0.2, 0.25) is 38.3 Å². The zero-order valence-electron chi connectivity index (χ0n) is 45.9. The van der Waals surface area contributed by atoms with Crippen molar-refractivity contribution in [1.82, 2.24) is 13.8 Å². The van der Waals surface area contributed by atoms with Crippen LogP contribution in [0.5, 0.6) is 0 Å². The first-order valence-corrected chi connectivity index (χ1v) is 41.2. The summed E-state index contributed by atoms with van der Waals surface area (Å²) in [5, 5.41) is 6.40. The van der Waals surface area contributed by atoms with Gasteiger partial charge in [0.15, 0.2) is 0 Å². The van der Waals surface area contributed by atoms with E-state index >= 15 is 0 Å². The van der Waals surface area contributed by atoms with E-state index in [4.69, 9.17) is 33.9 Å². The van der Waals surface area contributed by atoms with E-state index in [1.807, 2.05) is 48.5 Å². The number of amidine groups is 4. The van der Waals surface area contributed by atoms with E-state index in [1.165, 1.54) is 0 Å². The van der Waals surface area contributed by atoms with Crippen molar-refractivity contribution in [2.24, 2.45) is 25.7 Å². The molecule has 0 saturated carbocycles. The van der Waals surface area contributed by atoms with Crippen molar-refractivity contribution < 1.29 is 64.9 Å². The fraction of sp³-hybridized carbons (Fsp3) is 0.377. The molecule has 82 heavy (non-hydrogen) atoms. The number of nitrogens with two attached hydrogens (primary N) is 1. The van der Waals surface area contributed by atoms with Gasteiger partial charge in [-0.2, -0.15) is 25.3 Å². The first-order chi connectivity index (χ1) is 38.7. The Morgan fingerprint density at radius 3 is 1.38 bits per heavy atom. The molecule has 23 nitrogen and oxygen atoms in total. The number of quaternary nitrogens is 1. The zero-order valence-corrected chi connectivity index (χ0v) is 51.3. The van der Waals surface area contributed by atoms with Crippen molar-refractivity contribution in [3.8, 4) is 0 Å². The maximum absolute atomic E-state index is 14.4. The molecule has 12 rings (SSSR count). The monoisotopic (exact) mass is 1230 g/mol. The molecule has 0 bridgehead atoms. The number of hydrogen-bond acceptors (Lipinski definition) is 14. The molecule has 6 aliphatic rings. The third-order valence-electron chi connectivity index (χ3n) is 17.0. The normalized spacial score (nSPS) is 18.5. The van der Waals surface area contributed by atoms with Crippen LogP contribution in [0.15, 0.2) is 117 Å². The minimum atomic E-state index is -7.00. The Labute approximate surface area is 476 Å². The second-order valence-corrected chi connectivity index (χ2v) is 42.6. The number of carbonyl (C=O) groups is 1. The predicted octanol–water partition coefficient (Wildman–Crippen LogP) is 4.27. The van der Waals surface area contributed by atoms with Gasteiger partial charge in [0.05, 0.1) is 0 Å². The van der Waals surface area contributed by atoms with Gasteiger partial charge in [0, 0.05) is 0 Å². The summed E-state index contributed by atoms with van der Waals surface area (Å²) in [5.74, 6) is 1.07. The number of rotatable bonds is 25. The average Bonchev–Trinajstić information content (AvgIpc) is 1.21. The van der Waals surface area contributed by atoms with Crippen LogP contribution in [-0.2, 0) is 43.4 Å². The van der Waals surface area contributed by atoms with Gasteiger partial charge in [-0.15, -0.1) is 0 Å². The number of nitrogens with one attached hydrogen (secondary N) is 1. The Bertz CT molecular complexity index is 4180. The summed E-state index contributed by atoms with van der Waals surface area (Å²) in [6.45, 7) is 8.73. The summed E-state index contributed by atoms with van der Waals surface area (Å²) >= 11 is 0. The number of fused-ring (bicyclic) bond motifs is 12. The second-order valence-electron chi connectivity index (χ2n) is 23.6. The molecule has 2 aromatic heterocycles. The molecule has 8 heterocycles. The summed E-state index contributed by atoms with van der Waals surface area (Å²) in [6.07, 6.45) is 0.546. The summed E-state index contributed by atoms with van der Waals surface area (Å²) in [5.41, 5.74) is 11.0. The van der Waals surface area contributed by atoms with Gasteiger partial charge in [-0.25, -0.2) is 0 Å². The van der Waals surface area contributed by atoms with E-state index in [1.54, 1.807) is 0 Å². The quantitative estimate of drug-likeness (QED) is 0.0232. The Kier molecular flexibility index (Phi) is 13.1. The number of aromatic nitrogens is 2. The van der Waals surface area contributed by atoms with Gasteiger partial charge in [-0.05, 0) is 0 Å². The van der Waals surface area contributed by atoms with E-state index < -0.39 is 77.9 Å². The summed E-state index contributed by atoms with van der Waals surface area (Å²) in [7, 11) is -27.0. The number of benzene rings is 4. The average molecular weight is 1230 g/mol. The molecule has 0 fully saturated rings. The fourth-order valence-corrected chi connectivity index (χ4v) is 38.0. The van der Waals surface area contributed by atoms with Gasteiger partial charge in [0.25, 0.3) is 30.4 Å². The number of hydrogen-bond donors (Lipinski definition) is 5. The molecule has 0 saturated heterocycles. The molecule has 1 spiro atoms. The Balaban J connectivity index is 1.05. The molecular weight excluding hydrogens is 1160 g/mol. The predicted molar refractivity (Wildman–Crippen MR) is 318 cm³/mol. The van der Waals surface area contributed by atoms with Gasteiger partial charge in [0.1, 0.15) is 0 Å². The number of carbonyl (C=O) groups excluding carboxylic acids is 1. The maximum atomic E-state index is 14.4. The molecule has 29 heteroatoms. The molecule has 1 amide bonds. The molecule has 0 aliphatic carbocycles. The Morgan fingerprint density at radius 1 is 0.573 bits per heavy atom. The van der Waals surface area contributed by atoms with Gasteiger partial charge in [-0.3, -0.25) is 13.7 Å². The van der Waals surface area contributed by atoms with E-state index in [2.05, 4.69) is 97.0 Å². The Morgan fingerprint density at radius 2 is 0.963 bits per heavy atom. The Hall–Kier alpha value is -6.07. The number of aliphatic imine (C=N–C) groups is 2. The van der Waals surface area contributed by atoms with Crippen LogP contribution in [0.1, 0.15) is 54.4 Å². The van der Waals surface area contributed by atoms with Crippen molar-refractivity contribution in [2.45, 2.75) is 70.4 Å². The van der Waals surface area contributed by atoms with Crippen LogP contribution in [0.25, 0.3) is 21.5 Å². The third kappa shape index (κ3) is 8.43. The molecule has 6 aliphatic heterocycles. The molecule has 0 unspecified atom stereocenters. The first-order valence-electron chi connectivity index (χ1n) is 27.6. The van der Waals surface area contributed by atoms with Crippen LogP contribution in [0.4, 0.5) is 11.6 Å². The molecule has 0 radical (unpaired) electrons. The summed E-state index contributed by atoms with van der Waals surface area (Å²) in [4.78, 5) is 37.4. The van der Waals surface area contributed by atoms with Gasteiger partial charge < -0.3 is 0 Å². The standard InChI is InChI=1S/C53H65N11O12S3Si3/c1-80(2,34-13-26-54)75-82(76-81(3,4)35-14-27-55-45(65)36-64(28-15-31-77(66,67)68,29-16-32-78(69,70)71)30-17-33-79(72,73)74)60-46-37-18-5-6-19-38(37)47(60)57-49-41-22-9-10-23-42(41)51(62(49)82)59-53-44-25-12-11-24-43(44)52(63(53)82)58-50-40-21-8-7-20-39(40)48(56-46)61(50)82/h5-12,18-25H,13-17,26-36,54H2,1-4H3,(H3-,55,65,66,67,68,69,70,71,72,73,74)/p+1. The van der Waals surface area contributed by atoms with Crippen molar-refractivity contribution in [1.29, 1.82) is 0 Å². The molecule has 6 aromatic rings. The molecule has 434 valence electrons. The molecule has 6 N–H and O–H groups in total. The van der Waals surface area contributed by atoms with E-state index in [9.17, 15) is 43.7 Å². The van der Waals surface area contributed by atoms with Gasteiger partial charge in [-0.1, -0.05) is 0 Å². The summed E-state index contributed by atoms with van der Waals surface area (Å²) in [6, 6.07) is 33.6. The van der Waals surface area contributed by atoms with Crippen molar-refractivity contribution in [3.05, 3.63) is 130 Å². The zero-order chi connectivity index (χ0) is 58.1. The van der Waals surface area contributed by atoms with Crippen molar-refractivity contribution in [2.75, 3.05) is 56.5 Å². The van der Waals surface area contributed by atoms with Crippen LogP contribution >= 0.6 is 0 Å². The van der Waals surface area contributed by atoms with Crippen molar-refractivity contribution in [3.63, 3.8) is 0 Å². The topological polar surface area (TPSA) is 302 Å². The fourth-order valence-electron chi connectivity index (χ4n) is 14.2. The van der Waals surface area contributed by atoms with Crippen molar-refractivity contribution >= 4 is 117 Å². The SMILES string of the molecule is C[Si](C)(CCCN)O[Si-2]123(O[Si](C)(C)CCCNC(=O)C[N+](CCCS(=O)(=O)O)(CCCS(=O)(=O)O)CCCS(=O)(=O)O)n4c5c6ccccc6c4N=C4c6ccccc6C(=[N+]41)N=c1c4ccccc4c(n12)=NC1=[N+]3C(=N5)c2ccccc21. The molecule has 4 aromatic carbocycles. The van der Waals surface area contributed by atoms with Crippen LogP contribution in [0, 0.1) is 0 Å². The summed E-state index contributed by atoms with van der Waals surface area (Å²) < 4.78 is 127.